The molecule has 2 aliphatic heterocycles. The number of carbonyl (C=O) groups excluding carboxylic acids is 3. The molecule has 2 unspecified atom stereocenters. The Morgan fingerprint density at radius 3 is 2.31 bits per heavy atom. The molecular formula is C26H34F3N3O4. The van der Waals surface area contributed by atoms with Gasteiger partial charge >= 0.3 is 6.18 Å². The second-order valence-electron chi connectivity index (χ2n) is 10.7. The van der Waals surface area contributed by atoms with E-state index < -0.39 is 35.4 Å². The van der Waals surface area contributed by atoms with Crippen molar-refractivity contribution < 1.29 is 32.7 Å². The predicted octanol–water partition coefficient (Wildman–Crippen LogP) is 3.08. The number of aliphatic hydroxyl groups is 1. The van der Waals surface area contributed by atoms with Crippen molar-refractivity contribution in [1.29, 1.82) is 0 Å². The molecule has 1 saturated carbocycles. The van der Waals surface area contributed by atoms with Gasteiger partial charge < -0.3 is 19.8 Å². The maximum absolute atomic E-state index is 13.0. The Bertz CT molecular complexity index is 980. The number of piperidine rings is 1. The van der Waals surface area contributed by atoms with E-state index in [2.05, 4.69) is 0 Å². The molecule has 1 aromatic rings. The fraction of sp³-hybridized carbons (Fsp3) is 0.654. The molecule has 0 aromatic heterocycles. The van der Waals surface area contributed by atoms with E-state index in [1.165, 1.54) is 16.7 Å². The van der Waals surface area contributed by atoms with E-state index in [4.69, 9.17) is 0 Å². The summed E-state index contributed by atoms with van der Waals surface area (Å²) in [6, 6.07) is 8.76. The minimum absolute atomic E-state index is 0.0730. The number of β-amino-alcohol motifs (C(OH)–C–C–N with tert-alkyl or cyclic N) is 1. The van der Waals surface area contributed by atoms with Crippen LogP contribution in [0.15, 0.2) is 30.3 Å². The second kappa shape index (κ2) is 10.0. The van der Waals surface area contributed by atoms with Gasteiger partial charge in [0.1, 0.15) is 6.54 Å². The summed E-state index contributed by atoms with van der Waals surface area (Å²) in [4.78, 5) is 43.2. The maximum atomic E-state index is 13.0. The Hall–Kier alpha value is -2.62. The van der Waals surface area contributed by atoms with Crippen LogP contribution in [0.2, 0.25) is 0 Å². The predicted molar refractivity (Wildman–Crippen MR) is 126 cm³/mol. The highest BCUT2D eigenvalue weighted by Gasteiger charge is 2.56. The monoisotopic (exact) mass is 509 g/mol. The highest BCUT2D eigenvalue weighted by Crippen LogP contribution is 2.51. The first-order valence-electron chi connectivity index (χ1n) is 12.6. The van der Waals surface area contributed by atoms with Crippen molar-refractivity contribution in [3.8, 4) is 0 Å². The molecule has 1 N–H and O–H groups in total. The largest absolute Gasteiger partial charge is 0.389 e. The van der Waals surface area contributed by atoms with Crippen LogP contribution in [0.25, 0.3) is 0 Å². The van der Waals surface area contributed by atoms with Gasteiger partial charge in [0, 0.05) is 43.1 Å². The van der Waals surface area contributed by atoms with Crippen molar-refractivity contribution in [2.24, 2.45) is 11.3 Å². The normalized spacial score (nSPS) is 25.4. The third-order valence-corrected chi connectivity index (χ3v) is 8.19. The van der Waals surface area contributed by atoms with Crippen LogP contribution in [0.4, 0.5) is 13.2 Å². The number of halogens is 3. The smallest absolute Gasteiger partial charge is 0.387 e. The van der Waals surface area contributed by atoms with Gasteiger partial charge in [0.25, 0.3) is 5.91 Å². The van der Waals surface area contributed by atoms with Crippen LogP contribution in [0, 0.1) is 11.3 Å². The fourth-order valence-electron chi connectivity index (χ4n) is 6.16. The van der Waals surface area contributed by atoms with Crippen molar-refractivity contribution in [2.75, 3.05) is 39.3 Å². The third-order valence-electron chi connectivity index (χ3n) is 8.19. The summed E-state index contributed by atoms with van der Waals surface area (Å²) >= 11 is 0. The molecule has 2 atom stereocenters. The summed E-state index contributed by atoms with van der Waals surface area (Å²) in [6.07, 6.45) is -2.36. The molecule has 4 rings (SSSR count). The van der Waals surface area contributed by atoms with Crippen molar-refractivity contribution in [3.63, 3.8) is 0 Å². The number of benzene rings is 1. The summed E-state index contributed by atoms with van der Waals surface area (Å²) in [5.41, 5.74) is -1.38. The SMILES string of the molecule is CC(CC(F)(F)F)C(=O)N1CCC(O)(CN2CCN(C(=O)c3ccccc3)CC2=O)C2(CCCC2)C1. The standard InChI is InChI=1S/C26H34F3N3O4/c1-19(15-26(27,28)29)22(34)32-12-11-25(36,24(17-32)9-5-6-10-24)18-31-14-13-30(16-21(31)33)23(35)20-7-3-2-4-8-20/h2-4,7-8,19,36H,5-6,9-18H2,1H3. The van der Waals surface area contributed by atoms with E-state index in [0.29, 0.717) is 31.5 Å². The number of hydrogen-bond donors (Lipinski definition) is 1. The molecular weight excluding hydrogens is 475 g/mol. The van der Waals surface area contributed by atoms with E-state index in [0.717, 1.165) is 12.8 Å². The average molecular weight is 510 g/mol. The van der Waals surface area contributed by atoms with Crippen molar-refractivity contribution in [2.45, 2.75) is 57.2 Å². The number of carbonyl (C=O) groups is 3. The van der Waals surface area contributed by atoms with Crippen molar-refractivity contribution in [1.82, 2.24) is 14.7 Å². The van der Waals surface area contributed by atoms with Crippen LogP contribution in [0.3, 0.4) is 0 Å². The lowest BCUT2D eigenvalue weighted by Gasteiger charge is -2.54. The molecule has 1 aliphatic carbocycles. The molecule has 1 aromatic carbocycles. The van der Waals surface area contributed by atoms with Gasteiger partial charge in [-0.25, -0.2) is 0 Å². The number of likely N-dealkylation sites (tertiary alicyclic amines) is 1. The molecule has 3 aliphatic rings. The number of amides is 3. The van der Waals surface area contributed by atoms with Crippen LogP contribution >= 0.6 is 0 Å². The van der Waals surface area contributed by atoms with Gasteiger partial charge in [-0.2, -0.15) is 13.2 Å². The molecule has 198 valence electrons. The van der Waals surface area contributed by atoms with Gasteiger partial charge in [0.05, 0.1) is 18.6 Å². The molecule has 0 bridgehead atoms. The Kier molecular flexibility index (Phi) is 7.37. The Labute approximate surface area is 209 Å². The highest BCUT2D eigenvalue weighted by atomic mass is 19.4. The van der Waals surface area contributed by atoms with Gasteiger partial charge in [-0.1, -0.05) is 38.0 Å². The minimum Gasteiger partial charge on any atom is -0.387 e. The number of hydrogen-bond acceptors (Lipinski definition) is 4. The zero-order valence-electron chi connectivity index (χ0n) is 20.6. The summed E-state index contributed by atoms with van der Waals surface area (Å²) in [5.74, 6) is -2.17. The van der Waals surface area contributed by atoms with E-state index >= 15 is 0 Å². The molecule has 2 saturated heterocycles. The number of rotatable bonds is 5. The maximum Gasteiger partial charge on any atom is 0.389 e. The summed E-state index contributed by atoms with van der Waals surface area (Å²) in [6.45, 7) is 2.32. The summed E-state index contributed by atoms with van der Waals surface area (Å²) in [5, 5.41) is 11.9. The lowest BCUT2D eigenvalue weighted by Crippen LogP contribution is -2.66. The van der Waals surface area contributed by atoms with E-state index in [1.807, 2.05) is 6.07 Å². The summed E-state index contributed by atoms with van der Waals surface area (Å²) in [7, 11) is 0. The zero-order chi connectivity index (χ0) is 26.1. The fourth-order valence-corrected chi connectivity index (χ4v) is 6.16. The highest BCUT2D eigenvalue weighted by molar-refractivity contribution is 5.97. The molecule has 2 heterocycles. The van der Waals surface area contributed by atoms with Gasteiger partial charge in [-0.05, 0) is 31.4 Å². The van der Waals surface area contributed by atoms with Gasteiger partial charge in [0.15, 0.2) is 0 Å². The minimum atomic E-state index is -4.42. The molecule has 7 nitrogen and oxygen atoms in total. The first-order chi connectivity index (χ1) is 16.9. The van der Waals surface area contributed by atoms with Gasteiger partial charge in [-0.3, -0.25) is 14.4 Å². The van der Waals surface area contributed by atoms with E-state index in [1.54, 1.807) is 29.2 Å². The Morgan fingerprint density at radius 1 is 1.03 bits per heavy atom. The Morgan fingerprint density at radius 2 is 1.69 bits per heavy atom. The molecule has 3 amide bonds. The van der Waals surface area contributed by atoms with E-state index in [-0.39, 0.29) is 44.4 Å². The lowest BCUT2D eigenvalue weighted by atomic mass is 9.65. The van der Waals surface area contributed by atoms with Crippen LogP contribution in [0.5, 0.6) is 0 Å². The first kappa shape index (κ1) is 26.4. The average Bonchev–Trinajstić information content (AvgIpc) is 3.31. The topological polar surface area (TPSA) is 81.2 Å². The molecule has 3 fully saturated rings. The van der Waals surface area contributed by atoms with E-state index in [9.17, 15) is 32.7 Å². The summed E-state index contributed by atoms with van der Waals surface area (Å²) < 4.78 is 38.5. The van der Waals surface area contributed by atoms with Crippen LogP contribution in [0.1, 0.15) is 55.8 Å². The number of alkyl halides is 3. The lowest BCUT2D eigenvalue weighted by molar-refractivity contribution is -0.176. The molecule has 10 heteroatoms. The number of nitrogens with zero attached hydrogens (tertiary/aromatic N) is 3. The Balaban J connectivity index is 1.43. The van der Waals surface area contributed by atoms with Crippen LogP contribution < -0.4 is 0 Å². The van der Waals surface area contributed by atoms with Gasteiger partial charge in [0.2, 0.25) is 11.8 Å². The van der Waals surface area contributed by atoms with Gasteiger partial charge in [-0.15, -0.1) is 0 Å². The third kappa shape index (κ3) is 5.38. The molecule has 1 spiro atoms. The first-order valence-corrected chi connectivity index (χ1v) is 12.6. The quantitative estimate of drug-likeness (QED) is 0.662. The second-order valence-corrected chi connectivity index (χ2v) is 10.7. The van der Waals surface area contributed by atoms with Crippen molar-refractivity contribution >= 4 is 17.7 Å². The number of piperazine rings is 1. The molecule has 36 heavy (non-hydrogen) atoms. The van der Waals surface area contributed by atoms with Crippen LogP contribution in [-0.4, -0.2) is 88.6 Å². The van der Waals surface area contributed by atoms with Crippen molar-refractivity contribution in [3.05, 3.63) is 35.9 Å². The zero-order valence-corrected chi connectivity index (χ0v) is 20.6. The van der Waals surface area contributed by atoms with Crippen LogP contribution in [-0.2, 0) is 9.59 Å². The molecule has 0 radical (unpaired) electrons.